The summed E-state index contributed by atoms with van der Waals surface area (Å²) >= 11 is 0. The highest BCUT2D eigenvalue weighted by atomic mass is 16.6. The largest absolute Gasteiger partial charge is 0.506 e. The van der Waals surface area contributed by atoms with Crippen LogP contribution in [0.5, 0.6) is 5.75 Å². The average Bonchev–Trinajstić information content (AvgIpc) is 3.04. The van der Waals surface area contributed by atoms with E-state index in [1.165, 1.54) is 9.47 Å². The number of carbonyl (C=O) groups is 1. The van der Waals surface area contributed by atoms with Crippen LogP contribution in [0.3, 0.4) is 0 Å². The number of hydrogen-bond acceptors (Lipinski definition) is 7. The summed E-state index contributed by atoms with van der Waals surface area (Å²) in [7, 11) is 1.61. The third-order valence-corrected chi connectivity index (χ3v) is 7.08. The van der Waals surface area contributed by atoms with E-state index in [9.17, 15) is 14.7 Å². The minimum Gasteiger partial charge on any atom is -0.506 e. The van der Waals surface area contributed by atoms with Crippen LogP contribution in [0.2, 0.25) is 0 Å². The van der Waals surface area contributed by atoms with Gasteiger partial charge in [-0.15, -0.1) is 0 Å². The number of aromatic hydroxyl groups is 1. The number of carbonyl (C=O) groups excluding carboxylic acids is 1. The lowest BCUT2D eigenvalue weighted by molar-refractivity contribution is -0.00342. The minimum absolute atomic E-state index is 0.186. The second-order valence-electron chi connectivity index (χ2n) is 9.92. The molecule has 0 aliphatic carbocycles. The van der Waals surface area contributed by atoms with Gasteiger partial charge in [-0.1, -0.05) is 67.6 Å². The number of pyridine rings is 1. The number of para-hydroxylation sites is 1. The molecule has 0 saturated heterocycles. The van der Waals surface area contributed by atoms with Crippen LogP contribution in [0.25, 0.3) is 10.9 Å². The molecule has 4 aromatic rings. The predicted molar refractivity (Wildman–Crippen MR) is 167 cm³/mol. The SMILES string of the molecule is CCc1cccc2c1c(O)c(C(=O)N(CCOCCOCCOCCOCc1ccccc1)c1ccccc1)c(=O)n2C. The standard InChI is InChI=1S/C34H40N2O7/c1-3-27-13-10-16-29-30(27)32(37)31(33(38)35(29)2)34(39)36(28-14-8-5-9-15-28)17-18-40-19-20-41-21-22-42-23-24-43-25-26-11-6-4-7-12-26/h4-16,37H,3,17-25H2,1-2H3. The highest BCUT2D eigenvalue weighted by molar-refractivity contribution is 6.10. The van der Waals surface area contributed by atoms with Crippen molar-refractivity contribution in [2.24, 2.45) is 7.05 Å². The van der Waals surface area contributed by atoms with Gasteiger partial charge in [0.05, 0.1) is 58.4 Å². The Morgan fingerprint density at radius 3 is 1.98 bits per heavy atom. The number of amides is 1. The van der Waals surface area contributed by atoms with Crippen LogP contribution in [0.1, 0.15) is 28.4 Å². The Balaban J connectivity index is 1.25. The molecule has 0 unspecified atom stereocenters. The van der Waals surface area contributed by atoms with E-state index in [0.29, 0.717) is 69.3 Å². The number of rotatable bonds is 17. The second-order valence-corrected chi connectivity index (χ2v) is 9.92. The summed E-state index contributed by atoms with van der Waals surface area (Å²) in [4.78, 5) is 28.6. The lowest BCUT2D eigenvalue weighted by Crippen LogP contribution is -2.38. The molecular weight excluding hydrogens is 548 g/mol. The van der Waals surface area contributed by atoms with E-state index >= 15 is 0 Å². The zero-order valence-corrected chi connectivity index (χ0v) is 24.9. The van der Waals surface area contributed by atoms with E-state index in [1.54, 1.807) is 25.2 Å². The van der Waals surface area contributed by atoms with E-state index in [-0.39, 0.29) is 24.5 Å². The molecule has 0 saturated carbocycles. The third kappa shape index (κ3) is 8.52. The van der Waals surface area contributed by atoms with Crippen molar-refractivity contribution in [1.82, 2.24) is 4.57 Å². The molecule has 9 nitrogen and oxygen atoms in total. The summed E-state index contributed by atoms with van der Waals surface area (Å²) in [5.74, 6) is -0.873. The smallest absolute Gasteiger partial charge is 0.267 e. The summed E-state index contributed by atoms with van der Waals surface area (Å²) in [6.07, 6.45) is 0.643. The van der Waals surface area contributed by atoms with Gasteiger partial charge in [0.1, 0.15) is 11.3 Å². The number of benzene rings is 3. The fraction of sp³-hybridized carbons (Fsp3) is 0.353. The number of nitrogens with zero attached hydrogens (tertiary/aromatic N) is 2. The summed E-state index contributed by atoms with van der Waals surface area (Å²) in [6, 6.07) is 24.5. The van der Waals surface area contributed by atoms with Gasteiger partial charge in [-0.05, 0) is 35.7 Å². The first-order chi connectivity index (χ1) is 21.0. The molecule has 9 heteroatoms. The van der Waals surface area contributed by atoms with Gasteiger partial charge in [0, 0.05) is 24.7 Å². The predicted octanol–water partition coefficient (Wildman–Crippen LogP) is 4.72. The van der Waals surface area contributed by atoms with Crippen molar-refractivity contribution in [2.75, 3.05) is 57.7 Å². The number of ether oxygens (including phenoxy) is 4. The lowest BCUT2D eigenvalue weighted by atomic mass is 10.0. The maximum absolute atomic E-state index is 13.8. The van der Waals surface area contributed by atoms with Crippen LogP contribution in [-0.4, -0.2) is 68.4 Å². The normalized spacial score (nSPS) is 11.2. The van der Waals surface area contributed by atoms with Crippen molar-refractivity contribution in [2.45, 2.75) is 20.0 Å². The first-order valence-electron chi connectivity index (χ1n) is 14.6. The van der Waals surface area contributed by atoms with Crippen LogP contribution < -0.4 is 10.5 Å². The Labute approximate surface area is 252 Å². The zero-order valence-electron chi connectivity index (χ0n) is 24.9. The molecule has 1 heterocycles. The fourth-order valence-electron chi connectivity index (χ4n) is 4.80. The van der Waals surface area contributed by atoms with Crippen molar-refractivity contribution >= 4 is 22.5 Å². The number of aryl methyl sites for hydroxylation is 2. The van der Waals surface area contributed by atoms with Gasteiger partial charge in [-0.2, -0.15) is 0 Å². The van der Waals surface area contributed by atoms with Gasteiger partial charge in [-0.25, -0.2) is 0 Å². The van der Waals surface area contributed by atoms with Gasteiger partial charge in [0.25, 0.3) is 11.5 Å². The molecule has 0 aliphatic heterocycles. The van der Waals surface area contributed by atoms with E-state index in [0.717, 1.165) is 11.1 Å². The summed E-state index contributed by atoms with van der Waals surface area (Å²) in [6.45, 7) is 5.52. The monoisotopic (exact) mass is 588 g/mol. The molecule has 1 amide bonds. The Bertz CT molecular complexity index is 1510. The van der Waals surface area contributed by atoms with Crippen molar-refractivity contribution in [1.29, 1.82) is 0 Å². The summed E-state index contributed by atoms with van der Waals surface area (Å²) in [5.41, 5.74) is 2.36. The highest BCUT2D eigenvalue weighted by Gasteiger charge is 2.27. The maximum atomic E-state index is 13.8. The zero-order chi connectivity index (χ0) is 30.4. The molecule has 0 fully saturated rings. The van der Waals surface area contributed by atoms with Gasteiger partial charge in [0.15, 0.2) is 0 Å². The Morgan fingerprint density at radius 1 is 0.767 bits per heavy atom. The average molecular weight is 589 g/mol. The topological polar surface area (TPSA) is 99.5 Å². The molecule has 0 bridgehead atoms. The summed E-state index contributed by atoms with van der Waals surface area (Å²) < 4.78 is 23.9. The van der Waals surface area contributed by atoms with Crippen LogP contribution in [0, 0.1) is 0 Å². The number of aromatic nitrogens is 1. The van der Waals surface area contributed by atoms with E-state index in [4.69, 9.17) is 18.9 Å². The molecule has 4 rings (SSSR count). The van der Waals surface area contributed by atoms with Crippen LogP contribution >= 0.6 is 0 Å². The second kappa shape index (κ2) is 16.6. The number of anilines is 1. The molecular formula is C34H40N2O7. The highest BCUT2D eigenvalue weighted by Crippen LogP contribution is 2.31. The van der Waals surface area contributed by atoms with Crippen LogP contribution in [0.15, 0.2) is 83.7 Å². The molecule has 0 atom stereocenters. The fourth-order valence-corrected chi connectivity index (χ4v) is 4.80. The summed E-state index contributed by atoms with van der Waals surface area (Å²) in [5, 5.41) is 11.7. The molecule has 228 valence electrons. The quantitative estimate of drug-likeness (QED) is 0.178. The third-order valence-electron chi connectivity index (χ3n) is 7.08. The van der Waals surface area contributed by atoms with Crippen LogP contribution in [0.4, 0.5) is 5.69 Å². The molecule has 0 spiro atoms. The Hall–Kier alpha value is -4.02. The number of hydrogen-bond donors (Lipinski definition) is 1. The first kappa shape index (κ1) is 31.9. The van der Waals surface area contributed by atoms with Gasteiger partial charge in [0.2, 0.25) is 0 Å². The number of fused-ring (bicyclic) bond motifs is 1. The van der Waals surface area contributed by atoms with Crippen LogP contribution in [-0.2, 0) is 39.0 Å². The molecule has 1 N–H and O–H groups in total. The van der Waals surface area contributed by atoms with E-state index in [1.807, 2.05) is 67.6 Å². The molecule has 0 radical (unpaired) electrons. The van der Waals surface area contributed by atoms with E-state index < -0.39 is 11.5 Å². The van der Waals surface area contributed by atoms with Crippen molar-refractivity contribution in [3.05, 3.63) is 106 Å². The molecule has 0 aliphatic rings. The Kier molecular flexibility index (Phi) is 12.3. The van der Waals surface area contributed by atoms with Gasteiger partial charge in [-0.3, -0.25) is 9.59 Å². The molecule has 43 heavy (non-hydrogen) atoms. The van der Waals surface area contributed by atoms with Gasteiger partial charge >= 0.3 is 0 Å². The minimum atomic E-state index is -0.582. The maximum Gasteiger partial charge on any atom is 0.267 e. The molecule has 3 aromatic carbocycles. The van der Waals surface area contributed by atoms with E-state index in [2.05, 4.69) is 0 Å². The van der Waals surface area contributed by atoms with Crippen molar-refractivity contribution in [3.8, 4) is 5.75 Å². The first-order valence-corrected chi connectivity index (χ1v) is 14.6. The molecule has 1 aromatic heterocycles. The Morgan fingerprint density at radius 2 is 1.35 bits per heavy atom. The van der Waals surface area contributed by atoms with Crippen molar-refractivity contribution in [3.63, 3.8) is 0 Å². The lowest BCUT2D eigenvalue weighted by Gasteiger charge is -2.24. The van der Waals surface area contributed by atoms with Gasteiger partial charge < -0.3 is 33.5 Å². The van der Waals surface area contributed by atoms with Crippen molar-refractivity contribution < 1.29 is 28.8 Å².